The number of hydrogen-bond donors (Lipinski definition) is 1. The number of anilines is 1. The molecule has 0 radical (unpaired) electrons. The summed E-state index contributed by atoms with van der Waals surface area (Å²) in [6.07, 6.45) is 2.25. The Morgan fingerprint density at radius 1 is 1.20 bits per heavy atom. The smallest absolute Gasteiger partial charge is 0.328 e. The molecule has 1 heterocycles. The van der Waals surface area contributed by atoms with Crippen molar-refractivity contribution in [2.45, 2.75) is 19.4 Å². The predicted octanol–water partition coefficient (Wildman–Crippen LogP) is 2.67. The molecule has 0 unspecified atom stereocenters. The second-order valence-corrected chi connectivity index (χ2v) is 4.35. The first kappa shape index (κ1) is 14.1. The minimum atomic E-state index is -0.438. The molecule has 1 atom stereocenters. The van der Waals surface area contributed by atoms with E-state index in [1.165, 1.54) is 0 Å². The molecule has 0 aliphatic rings. The van der Waals surface area contributed by atoms with Crippen molar-refractivity contribution in [3.8, 4) is 0 Å². The molecule has 1 N–H and O–H groups in total. The Morgan fingerprint density at radius 2 is 1.95 bits per heavy atom. The van der Waals surface area contributed by atoms with Crippen LogP contribution in [-0.2, 0) is 16.0 Å². The van der Waals surface area contributed by atoms with Gasteiger partial charge in [-0.05, 0) is 24.6 Å². The Labute approximate surface area is 118 Å². The van der Waals surface area contributed by atoms with E-state index in [2.05, 4.69) is 10.3 Å². The normalized spacial score (nSPS) is 11.7. The van der Waals surface area contributed by atoms with E-state index in [0.29, 0.717) is 18.8 Å². The molecule has 4 nitrogen and oxygen atoms in total. The van der Waals surface area contributed by atoms with E-state index in [4.69, 9.17) is 4.74 Å². The van der Waals surface area contributed by atoms with Crippen LogP contribution in [0.3, 0.4) is 0 Å². The molecule has 0 aliphatic carbocycles. The lowest BCUT2D eigenvalue weighted by molar-refractivity contribution is -0.144. The van der Waals surface area contributed by atoms with E-state index in [-0.39, 0.29) is 5.97 Å². The highest BCUT2D eigenvalue weighted by molar-refractivity contribution is 5.79. The van der Waals surface area contributed by atoms with Crippen LogP contribution >= 0.6 is 0 Å². The van der Waals surface area contributed by atoms with Gasteiger partial charge in [-0.25, -0.2) is 9.78 Å². The third-order valence-corrected chi connectivity index (χ3v) is 2.84. The van der Waals surface area contributed by atoms with Gasteiger partial charge in [0.25, 0.3) is 0 Å². The van der Waals surface area contributed by atoms with Gasteiger partial charge in [0.05, 0.1) is 6.61 Å². The standard InChI is InChI=1S/C16H18N2O2/c1-2-20-16(19)14(12-13-8-4-3-5-9-13)18-15-10-6-7-11-17-15/h3-11,14H,2,12H2,1H3,(H,17,18)/t14-/m0/s1. The van der Waals surface area contributed by atoms with Gasteiger partial charge < -0.3 is 10.1 Å². The molecule has 0 saturated carbocycles. The number of carbonyl (C=O) groups is 1. The molecule has 4 heteroatoms. The Bertz CT molecular complexity index is 487. The van der Waals surface area contributed by atoms with Crippen LogP contribution in [0.25, 0.3) is 0 Å². The molecule has 1 aromatic carbocycles. The summed E-state index contributed by atoms with van der Waals surface area (Å²) >= 11 is 0. The topological polar surface area (TPSA) is 51.2 Å². The van der Waals surface area contributed by atoms with Crippen molar-refractivity contribution in [1.82, 2.24) is 4.98 Å². The molecule has 0 spiro atoms. The van der Waals surface area contributed by atoms with Gasteiger partial charge in [-0.1, -0.05) is 36.4 Å². The maximum Gasteiger partial charge on any atom is 0.328 e. The summed E-state index contributed by atoms with van der Waals surface area (Å²) in [7, 11) is 0. The average Bonchev–Trinajstić information content (AvgIpc) is 2.49. The molecule has 2 aromatic rings. The molecule has 0 fully saturated rings. The van der Waals surface area contributed by atoms with Crippen molar-refractivity contribution < 1.29 is 9.53 Å². The van der Waals surface area contributed by atoms with Gasteiger partial charge >= 0.3 is 5.97 Å². The highest BCUT2D eigenvalue weighted by atomic mass is 16.5. The maximum atomic E-state index is 12.0. The van der Waals surface area contributed by atoms with Crippen molar-refractivity contribution >= 4 is 11.8 Å². The fourth-order valence-corrected chi connectivity index (χ4v) is 1.91. The molecule has 1 aromatic heterocycles. The van der Waals surface area contributed by atoms with Crippen molar-refractivity contribution in [1.29, 1.82) is 0 Å². The molecule has 0 aliphatic heterocycles. The van der Waals surface area contributed by atoms with E-state index < -0.39 is 6.04 Å². The summed E-state index contributed by atoms with van der Waals surface area (Å²) in [5.74, 6) is 0.406. The third kappa shape index (κ3) is 4.09. The number of rotatable bonds is 6. The fourth-order valence-electron chi connectivity index (χ4n) is 1.91. The highest BCUT2D eigenvalue weighted by Gasteiger charge is 2.20. The lowest BCUT2D eigenvalue weighted by atomic mass is 10.1. The number of nitrogens with zero attached hydrogens (tertiary/aromatic N) is 1. The molecule has 0 saturated heterocycles. The van der Waals surface area contributed by atoms with Gasteiger partial charge in [0.1, 0.15) is 11.9 Å². The Morgan fingerprint density at radius 3 is 2.60 bits per heavy atom. The van der Waals surface area contributed by atoms with E-state index >= 15 is 0 Å². The number of hydrogen-bond acceptors (Lipinski definition) is 4. The quantitative estimate of drug-likeness (QED) is 0.820. The first-order valence-electron chi connectivity index (χ1n) is 6.67. The number of esters is 1. The Balaban J connectivity index is 2.10. The summed E-state index contributed by atoms with van der Waals surface area (Å²) in [5, 5.41) is 3.13. The first-order valence-corrected chi connectivity index (χ1v) is 6.67. The summed E-state index contributed by atoms with van der Waals surface area (Å²) in [6, 6.07) is 15.0. The lowest BCUT2D eigenvalue weighted by Gasteiger charge is -2.17. The van der Waals surface area contributed by atoms with Gasteiger partial charge in [-0.2, -0.15) is 0 Å². The summed E-state index contributed by atoms with van der Waals surface area (Å²) in [4.78, 5) is 16.2. The Kier molecular flexibility index (Phi) is 5.12. The Hall–Kier alpha value is -2.36. The highest BCUT2D eigenvalue weighted by Crippen LogP contribution is 2.10. The number of ether oxygens (including phenoxy) is 1. The van der Waals surface area contributed by atoms with Crippen LogP contribution in [0, 0.1) is 0 Å². The second-order valence-electron chi connectivity index (χ2n) is 4.35. The molecule has 104 valence electrons. The zero-order valence-electron chi connectivity index (χ0n) is 11.5. The van der Waals surface area contributed by atoms with Crippen LogP contribution in [-0.4, -0.2) is 23.6 Å². The minimum Gasteiger partial charge on any atom is -0.464 e. The molecule has 20 heavy (non-hydrogen) atoms. The van der Waals surface area contributed by atoms with Crippen LogP contribution in [0.2, 0.25) is 0 Å². The van der Waals surface area contributed by atoms with Crippen LogP contribution in [0.15, 0.2) is 54.7 Å². The summed E-state index contributed by atoms with van der Waals surface area (Å²) in [5.41, 5.74) is 1.08. The van der Waals surface area contributed by atoms with Crippen LogP contribution in [0.4, 0.5) is 5.82 Å². The molecular weight excluding hydrogens is 252 g/mol. The molecular formula is C16H18N2O2. The second kappa shape index (κ2) is 7.28. The zero-order valence-corrected chi connectivity index (χ0v) is 11.5. The molecule has 0 bridgehead atoms. The van der Waals surface area contributed by atoms with E-state index in [1.807, 2.05) is 48.5 Å². The molecule has 2 rings (SSSR count). The number of aromatic nitrogens is 1. The number of nitrogens with one attached hydrogen (secondary N) is 1. The van der Waals surface area contributed by atoms with Gasteiger partial charge in [-0.3, -0.25) is 0 Å². The first-order chi connectivity index (χ1) is 9.79. The maximum absolute atomic E-state index is 12.0. The van der Waals surface area contributed by atoms with Crippen molar-refractivity contribution in [2.75, 3.05) is 11.9 Å². The SMILES string of the molecule is CCOC(=O)[C@H](Cc1ccccc1)Nc1ccccn1. The van der Waals surface area contributed by atoms with E-state index in [1.54, 1.807) is 13.1 Å². The fraction of sp³-hybridized carbons (Fsp3) is 0.250. The number of pyridine rings is 1. The zero-order chi connectivity index (χ0) is 14.2. The van der Waals surface area contributed by atoms with Gasteiger partial charge in [-0.15, -0.1) is 0 Å². The third-order valence-electron chi connectivity index (χ3n) is 2.84. The van der Waals surface area contributed by atoms with Gasteiger partial charge in [0, 0.05) is 12.6 Å². The van der Waals surface area contributed by atoms with Crippen LogP contribution < -0.4 is 5.32 Å². The van der Waals surface area contributed by atoms with Crippen molar-refractivity contribution in [3.05, 3.63) is 60.3 Å². The van der Waals surface area contributed by atoms with Gasteiger partial charge in [0.2, 0.25) is 0 Å². The van der Waals surface area contributed by atoms with E-state index in [0.717, 1.165) is 5.56 Å². The molecule has 0 amide bonds. The van der Waals surface area contributed by atoms with Crippen LogP contribution in [0.1, 0.15) is 12.5 Å². The number of benzene rings is 1. The summed E-state index contributed by atoms with van der Waals surface area (Å²) < 4.78 is 5.12. The van der Waals surface area contributed by atoms with Gasteiger partial charge in [0.15, 0.2) is 0 Å². The van der Waals surface area contributed by atoms with Crippen molar-refractivity contribution in [2.24, 2.45) is 0 Å². The van der Waals surface area contributed by atoms with Crippen molar-refractivity contribution in [3.63, 3.8) is 0 Å². The average molecular weight is 270 g/mol. The predicted molar refractivity (Wildman–Crippen MR) is 78.4 cm³/mol. The van der Waals surface area contributed by atoms with E-state index in [9.17, 15) is 4.79 Å². The summed E-state index contributed by atoms with van der Waals surface area (Å²) in [6.45, 7) is 2.17. The minimum absolute atomic E-state index is 0.262. The largest absolute Gasteiger partial charge is 0.464 e. The van der Waals surface area contributed by atoms with Crippen LogP contribution in [0.5, 0.6) is 0 Å². The number of carbonyl (C=O) groups excluding carboxylic acids is 1. The lowest BCUT2D eigenvalue weighted by Crippen LogP contribution is -2.33. The monoisotopic (exact) mass is 270 g/mol.